The number of nitrogens with zero attached hydrogens (tertiary/aromatic N) is 1. The summed E-state index contributed by atoms with van der Waals surface area (Å²) >= 11 is 1.70. The predicted molar refractivity (Wildman–Crippen MR) is 91.9 cm³/mol. The first-order chi connectivity index (χ1) is 10.6. The van der Waals surface area contributed by atoms with Crippen LogP contribution in [0.3, 0.4) is 0 Å². The van der Waals surface area contributed by atoms with Gasteiger partial charge in [0.1, 0.15) is 0 Å². The maximum atomic E-state index is 12.6. The van der Waals surface area contributed by atoms with Crippen molar-refractivity contribution in [2.24, 2.45) is 11.8 Å². The van der Waals surface area contributed by atoms with Gasteiger partial charge < -0.3 is 5.32 Å². The molecule has 0 aromatic heterocycles. The minimum absolute atomic E-state index is 0.0492. The minimum Gasteiger partial charge on any atom is -0.388 e. The Morgan fingerprint density at radius 3 is 2.50 bits per heavy atom. The van der Waals surface area contributed by atoms with Crippen LogP contribution in [-0.2, 0) is 4.79 Å². The molecule has 4 nitrogen and oxygen atoms in total. The molecule has 0 fully saturated rings. The normalized spacial score (nSPS) is 21.2. The van der Waals surface area contributed by atoms with Crippen LogP contribution in [0.4, 0.5) is 11.4 Å². The number of hydrogen-bond donors (Lipinski definition) is 2. The van der Waals surface area contributed by atoms with Gasteiger partial charge in [-0.1, -0.05) is 31.2 Å². The van der Waals surface area contributed by atoms with Crippen LogP contribution in [-0.4, -0.2) is 13.0 Å². The number of carbonyl (C=O) groups excluding carboxylic acids is 1. The monoisotopic (exact) mass is 313 g/mol. The molecule has 0 saturated heterocycles. The largest absolute Gasteiger partial charge is 0.388 e. The first-order valence-corrected chi connectivity index (χ1v) is 8.12. The van der Waals surface area contributed by atoms with E-state index >= 15 is 0 Å². The third kappa shape index (κ3) is 2.58. The zero-order valence-corrected chi connectivity index (χ0v) is 13.4. The second-order valence-electron chi connectivity index (χ2n) is 5.38. The topological polar surface area (TPSA) is 58.4 Å². The summed E-state index contributed by atoms with van der Waals surface area (Å²) in [5, 5.41) is 4.45. The molecule has 5 heteroatoms. The molecular weight excluding hydrogens is 294 g/mol. The van der Waals surface area contributed by atoms with E-state index in [9.17, 15) is 4.79 Å². The fraction of sp³-hybridized carbons (Fsp3) is 0.235. The lowest BCUT2D eigenvalue weighted by atomic mass is 9.99. The maximum absolute atomic E-state index is 12.6. The van der Waals surface area contributed by atoms with Crippen LogP contribution in [0.2, 0.25) is 0 Å². The van der Waals surface area contributed by atoms with Gasteiger partial charge in [0.05, 0.1) is 11.6 Å². The highest BCUT2D eigenvalue weighted by Crippen LogP contribution is 2.47. The van der Waals surface area contributed by atoms with Crippen molar-refractivity contribution in [3.63, 3.8) is 0 Å². The maximum Gasteiger partial charge on any atom is 0.245 e. The molecule has 0 saturated carbocycles. The summed E-state index contributed by atoms with van der Waals surface area (Å²) in [5.41, 5.74) is 2.97. The van der Waals surface area contributed by atoms with Crippen molar-refractivity contribution >= 4 is 29.0 Å². The Balaban J connectivity index is 2.02. The van der Waals surface area contributed by atoms with Gasteiger partial charge in [-0.15, -0.1) is 11.8 Å². The van der Waals surface area contributed by atoms with Gasteiger partial charge in [0.2, 0.25) is 5.91 Å². The van der Waals surface area contributed by atoms with Gasteiger partial charge in [0.15, 0.2) is 0 Å². The van der Waals surface area contributed by atoms with E-state index in [1.54, 1.807) is 11.8 Å². The van der Waals surface area contributed by atoms with E-state index in [0.29, 0.717) is 0 Å². The lowest BCUT2D eigenvalue weighted by Gasteiger charge is -2.22. The Morgan fingerprint density at radius 1 is 1.14 bits per heavy atom. The molecule has 0 bridgehead atoms. The number of thioether (sulfide) groups is 1. The zero-order chi connectivity index (χ0) is 15.7. The van der Waals surface area contributed by atoms with Gasteiger partial charge >= 0.3 is 0 Å². The lowest BCUT2D eigenvalue weighted by molar-refractivity contribution is -0.122. The Morgan fingerprint density at radius 2 is 1.82 bits per heavy atom. The minimum atomic E-state index is -0.192. The molecule has 1 aliphatic heterocycles. The van der Waals surface area contributed by atoms with E-state index in [1.165, 1.54) is 5.01 Å². The molecular formula is C17H19N3OS. The standard InChI is InChI=1S/C17H19N3OS/c1-11-16(12-7-9-13(19-2)10-8-12)22-15-6-4-3-5-14(15)20(18)17(11)21/h3-11,16,19H,18H2,1-2H3/t11?,16-/m1/s1. The number of anilines is 2. The predicted octanol–water partition coefficient (Wildman–Crippen LogP) is 3.42. The Labute approximate surface area is 134 Å². The number of hydrazine groups is 1. The number of rotatable bonds is 2. The number of amides is 1. The third-order valence-corrected chi connectivity index (χ3v) is 5.52. The summed E-state index contributed by atoms with van der Waals surface area (Å²) < 4.78 is 0. The van der Waals surface area contributed by atoms with E-state index in [0.717, 1.165) is 21.8 Å². The SMILES string of the molecule is CNc1ccc([C@@H]2Sc3ccccc3N(N)C(=O)C2C)cc1. The molecule has 1 aliphatic rings. The van der Waals surface area contributed by atoms with Crippen LogP contribution in [0.5, 0.6) is 0 Å². The lowest BCUT2D eigenvalue weighted by Crippen LogP contribution is -2.41. The number of para-hydroxylation sites is 1. The Kier molecular flexibility index (Phi) is 4.09. The number of nitrogens with one attached hydrogen (secondary N) is 1. The second-order valence-corrected chi connectivity index (χ2v) is 6.56. The highest BCUT2D eigenvalue weighted by molar-refractivity contribution is 7.99. The number of hydrogen-bond acceptors (Lipinski definition) is 4. The van der Waals surface area contributed by atoms with Crippen molar-refractivity contribution in [1.82, 2.24) is 0 Å². The highest BCUT2D eigenvalue weighted by Gasteiger charge is 2.34. The van der Waals surface area contributed by atoms with Crippen molar-refractivity contribution in [2.45, 2.75) is 17.1 Å². The van der Waals surface area contributed by atoms with Crippen molar-refractivity contribution in [3.05, 3.63) is 54.1 Å². The quantitative estimate of drug-likeness (QED) is 0.659. The molecule has 0 aliphatic carbocycles. The molecule has 22 heavy (non-hydrogen) atoms. The van der Waals surface area contributed by atoms with Crippen LogP contribution >= 0.6 is 11.8 Å². The highest BCUT2D eigenvalue weighted by atomic mass is 32.2. The summed E-state index contributed by atoms with van der Waals surface area (Å²) in [7, 11) is 1.89. The van der Waals surface area contributed by atoms with Crippen LogP contribution in [0.15, 0.2) is 53.4 Å². The van der Waals surface area contributed by atoms with Crippen LogP contribution < -0.4 is 16.2 Å². The molecule has 3 N–H and O–H groups in total. The van der Waals surface area contributed by atoms with Crippen molar-refractivity contribution in [3.8, 4) is 0 Å². The van der Waals surface area contributed by atoms with E-state index in [1.807, 2.05) is 50.4 Å². The van der Waals surface area contributed by atoms with E-state index in [4.69, 9.17) is 5.84 Å². The van der Waals surface area contributed by atoms with Gasteiger partial charge in [-0.05, 0) is 29.8 Å². The number of benzene rings is 2. The summed E-state index contributed by atoms with van der Waals surface area (Å²) in [6.07, 6.45) is 0. The number of carbonyl (C=O) groups is 1. The molecule has 1 heterocycles. The Bertz CT molecular complexity index is 687. The average molecular weight is 313 g/mol. The summed E-state index contributed by atoms with van der Waals surface area (Å²) in [4.78, 5) is 13.6. The Hall–Kier alpha value is -1.98. The number of nitrogens with two attached hydrogens (primary N) is 1. The summed E-state index contributed by atoms with van der Waals surface area (Å²) in [6, 6.07) is 16.0. The summed E-state index contributed by atoms with van der Waals surface area (Å²) in [5.74, 6) is 5.78. The zero-order valence-electron chi connectivity index (χ0n) is 12.6. The number of fused-ring (bicyclic) bond motifs is 1. The van der Waals surface area contributed by atoms with Crippen molar-refractivity contribution < 1.29 is 4.79 Å². The molecule has 1 unspecified atom stereocenters. The van der Waals surface area contributed by atoms with Gasteiger partial charge in [-0.2, -0.15) is 0 Å². The fourth-order valence-corrected chi connectivity index (χ4v) is 3.99. The van der Waals surface area contributed by atoms with Gasteiger partial charge in [0, 0.05) is 22.9 Å². The van der Waals surface area contributed by atoms with E-state index in [-0.39, 0.29) is 17.1 Å². The average Bonchev–Trinajstić information content (AvgIpc) is 2.66. The first-order valence-electron chi connectivity index (χ1n) is 7.24. The molecule has 2 aromatic rings. The molecule has 2 aromatic carbocycles. The van der Waals surface area contributed by atoms with Crippen LogP contribution in [0, 0.1) is 5.92 Å². The van der Waals surface area contributed by atoms with Crippen molar-refractivity contribution in [2.75, 3.05) is 17.4 Å². The molecule has 0 spiro atoms. The van der Waals surface area contributed by atoms with Crippen molar-refractivity contribution in [1.29, 1.82) is 0 Å². The van der Waals surface area contributed by atoms with Crippen LogP contribution in [0.1, 0.15) is 17.7 Å². The second kappa shape index (κ2) is 6.02. The van der Waals surface area contributed by atoms with E-state index < -0.39 is 0 Å². The molecule has 1 amide bonds. The molecule has 114 valence electrons. The van der Waals surface area contributed by atoms with Gasteiger partial charge in [0.25, 0.3) is 0 Å². The fourth-order valence-electron chi connectivity index (χ4n) is 2.66. The van der Waals surface area contributed by atoms with Gasteiger partial charge in [-0.25, -0.2) is 10.9 Å². The summed E-state index contributed by atoms with van der Waals surface area (Å²) in [6.45, 7) is 1.94. The molecule has 0 radical (unpaired) electrons. The van der Waals surface area contributed by atoms with E-state index in [2.05, 4.69) is 17.4 Å². The smallest absolute Gasteiger partial charge is 0.245 e. The van der Waals surface area contributed by atoms with Gasteiger partial charge in [-0.3, -0.25) is 4.79 Å². The van der Waals surface area contributed by atoms with Crippen LogP contribution in [0.25, 0.3) is 0 Å². The molecule has 2 atom stereocenters. The molecule has 3 rings (SSSR count). The first kappa shape index (κ1) is 14.9. The third-order valence-electron chi connectivity index (χ3n) is 3.99.